The highest BCUT2D eigenvalue weighted by Crippen LogP contribution is 2.36. The quantitative estimate of drug-likeness (QED) is 0.176. The van der Waals surface area contributed by atoms with Gasteiger partial charge in [0.05, 0.1) is 23.5 Å². The number of ether oxygens (including phenoxy) is 3. The van der Waals surface area contributed by atoms with Crippen LogP contribution in [-0.4, -0.2) is 58.4 Å². The molecule has 1 aliphatic rings. The second kappa shape index (κ2) is 15.7. The van der Waals surface area contributed by atoms with Crippen molar-refractivity contribution in [1.29, 1.82) is 0 Å². The highest BCUT2D eigenvalue weighted by molar-refractivity contribution is 8.19. The van der Waals surface area contributed by atoms with Gasteiger partial charge in [-0.05, 0) is 60.5 Å². The molecule has 0 spiro atoms. The number of thioether (sulfide) groups is 1. The van der Waals surface area contributed by atoms with Gasteiger partial charge >= 0.3 is 0 Å². The fourth-order valence-electron chi connectivity index (χ4n) is 4.00. The molecule has 39 heavy (non-hydrogen) atoms. The third-order valence-corrected chi connectivity index (χ3v) is 8.50. The highest BCUT2D eigenvalue weighted by Gasteiger charge is 2.34. The number of carbonyl (C=O) groups is 1. The maximum atomic E-state index is 13.3. The lowest BCUT2D eigenvalue weighted by Gasteiger charge is -2.15. The van der Waals surface area contributed by atoms with Gasteiger partial charge in [0.15, 0.2) is 16.7 Å². The Labute approximate surface area is 236 Å². The van der Waals surface area contributed by atoms with Gasteiger partial charge in [-0.15, -0.1) is 4.40 Å². The molecule has 0 N–H and O–H groups in total. The number of rotatable bonds is 16. The second-order valence-electron chi connectivity index (χ2n) is 9.10. The number of carbonyl (C=O) groups excluding carboxylic acids is 1. The molecule has 2 aromatic carbocycles. The summed E-state index contributed by atoms with van der Waals surface area (Å²) in [5, 5.41) is 0.124. The third kappa shape index (κ3) is 9.12. The largest absolute Gasteiger partial charge is 0.493 e. The summed E-state index contributed by atoms with van der Waals surface area (Å²) in [6, 6.07) is 13.4. The van der Waals surface area contributed by atoms with Crippen molar-refractivity contribution in [1.82, 2.24) is 4.90 Å². The van der Waals surface area contributed by atoms with Crippen molar-refractivity contribution in [3.8, 4) is 11.5 Å². The number of hydrogen-bond donors (Lipinski definition) is 0. The van der Waals surface area contributed by atoms with Gasteiger partial charge in [-0.25, -0.2) is 0 Å². The van der Waals surface area contributed by atoms with Gasteiger partial charge in [0.1, 0.15) is 0 Å². The van der Waals surface area contributed by atoms with Crippen LogP contribution in [-0.2, 0) is 19.6 Å². The van der Waals surface area contributed by atoms with Crippen LogP contribution in [0, 0.1) is 0 Å². The summed E-state index contributed by atoms with van der Waals surface area (Å²) in [6.07, 6.45) is 9.27. The molecule has 3 rings (SSSR count). The first kappa shape index (κ1) is 30.7. The molecule has 1 saturated heterocycles. The number of amidine groups is 1. The Kier molecular flexibility index (Phi) is 12.4. The van der Waals surface area contributed by atoms with Crippen LogP contribution >= 0.6 is 11.8 Å². The summed E-state index contributed by atoms with van der Waals surface area (Å²) < 4.78 is 46.5. The minimum Gasteiger partial charge on any atom is -0.493 e. The van der Waals surface area contributed by atoms with Crippen LogP contribution in [0.15, 0.2) is 62.7 Å². The summed E-state index contributed by atoms with van der Waals surface area (Å²) in [6.45, 7) is 3.51. The Hall–Kier alpha value is -2.82. The van der Waals surface area contributed by atoms with Crippen molar-refractivity contribution in [2.45, 2.75) is 56.8 Å². The molecule has 0 aromatic heterocycles. The van der Waals surface area contributed by atoms with Crippen molar-refractivity contribution < 1.29 is 27.4 Å². The fraction of sp³-hybridized carbons (Fsp3) is 0.448. The van der Waals surface area contributed by atoms with Gasteiger partial charge in [0.2, 0.25) is 0 Å². The molecular formula is C29H38N2O6S2. The van der Waals surface area contributed by atoms with Gasteiger partial charge < -0.3 is 14.2 Å². The SMILES string of the molecule is CCCCCCCCOc1cc(C=C2SC(=NS(=O)(=O)c3ccccc3)N(CCCOC)C2=O)ccc1OC. The van der Waals surface area contributed by atoms with Gasteiger partial charge in [-0.1, -0.05) is 63.3 Å². The smallest absolute Gasteiger partial charge is 0.284 e. The third-order valence-electron chi connectivity index (χ3n) is 6.10. The van der Waals surface area contributed by atoms with Crippen LogP contribution in [0.4, 0.5) is 0 Å². The number of hydrogen-bond acceptors (Lipinski definition) is 7. The van der Waals surface area contributed by atoms with Crippen molar-refractivity contribution >= 4 is 38.9 Å². The topological polar surface area (TPSA) is 94.5 Å². The van der Waals surface area contributed by atoms with Crippen LogP contribution in [0.5, 0.6) is 11.5 Å². The standard InChI is InChI=1S/C29H38N2O6S2/c1-4-5-6-7-8-12-20-37-26-21-23(16-17-25(26)36-3)22-27-28(32)31(18-13-19-35-2)29(38-27)30-39(33,34)24-14-10-9-11-15-24/h9-11,14-17,21-22H,4-8,12-13,18-20H2,1-3H3. The lowest BCUT2D eigenvalue weighted by Crippen LogP contribution is -2.31. The maximum absolute atomic E-state index is 13.3. The van der Waals surface area contributed by atoms with E-state index in [4.69, 9.17) is 14.2 Å². The van der Waals surface area contributed by atoms with E-state index in [9.17, 15) is 13.2 Å². The van der Waals surface area contributed by atoms with Crippen molar-refractivity contribution in [2.24, 2.45) is 4.40 Å². The molecule has 1 heterocycles. The normalized spacial score (nSPS) is 15.9. The number of unbranched alkanes of at least 4 members (excludes halogenated alkanes) is 5. The molecule has 1 fully saturated rings. The molecule has 8 nitrogen and oxygen atoms in total. The summed E-state index contributed by atoms with van der Waals surface area (Å²) in [5.41, 5.74) is 0.744. The number of methoxy groups -OCH3 is 2. The minimum absolute atomic E-state index is 0.0714. The van der Waals surface area contributed by atoms with E-state index in [0.29, 0.717) is 36.0 Å². The van der Waals surface area contributed by atoms with Crippen molar-refractivity contribution in [2.75, 3.05) is 34.0 Å². The van der Waals surface area contributed by atoms with E-state index in [1.807, 2.05) is 12.1 Å². The predicted molar refractivity (Wildman–Crippen MR) is 157 cm³/mol. The second-order valence-corrected chi connectivity index (χ2v) is 11.7. The van der Waals surface area contributed by atoms with E-state index in [0.717, 1.165) is 30.2 Å². The number of benzene rings is 2. The molecule has 0 bridgehead atoms. The maximum Gasteiger partial charge on any atom is 0.284 e. The zero-order valence-electron chi connectivity index (χ0n) is 22.9. The molecule has 2 aromatic rings. The molecule has 0 atom stereocenters. The summed E-state index contributed by atoms with van der Waals surface area (Å²) >= 11 is 1.04. The minimum atomic E-state index is -3.98. The van der Waals surface area contributed by atoms with Crippen LogP contribution < -0.4 is 9.47 Å². The first-order chi connectivity index (χ1) is 18.9. The molecule has 0 radical (unpaired) electrons. The van der Waals surface area contributed by atoms with Crippen LogP contribution in [0.1, 0.15) is 57.4 Å². The molecule has 0 unspecified atom stereocenters. The molecule has 10 heteroatoms. The van der Waals surface area contributed by atoms with E-state index < -0.39 is 10.0 Å². The van der Waals surface area contributed by atoms with Crippen LogP contribution in [0.25, 0.3) is 6.08 Å². The van der Waals surface area contributed by atoms with Crippen LogP contribution in [0.3, 0.4) is 0 Å². The summed E-state index contributed by atoms with van der Waals surface area (Å²) in [4.78, 5) is 15.2. The molecule has 0 saturated carbocycles. The zero-order chi connectivity index (χ0) is 28.1. The molecule has 1 amide bonds. The lowest BCUT2D eigenvalue weighted by molar-refractivity contribution is -0.122. The van der Waals surface area contributed by atoms with E-state index in [2.05, 4.69) is 11.3 Å². The number of amides is 1. The first-order valence-corrected chi connectivity index (χ1v) is 15.6. The number of nitrogens with zero attached hydrogens (tertiary/aromatic N) is 2. The summed E-state index contributed by atoms with van der Waals surface area (Å²) in [7, 11) is -0.813. The van der Waals surface area contributed by atoms with E-state index in [1.54, 1.807) is 44.6 Å². The molecule has 212 valence electrons. The van der Waals surface area contributed by atoms with E-state index in [-0.39, 0.29) is 22.5 Å². The van der Waals surface area contributed by atoms with Crippen LogP contribution in [0.2, 0.25) is 0 Å². The van der Waals surface area contributed by atoms with Gasteiger partial charge in [0, 0.05) is 20.3 Å². The van der Waals surface area contributed by atoms with E-state index >= 15 is 0 Å². The van der Waals surface area contributed by atoms with Crippen molar-refractivity contribution in [3.63, 3.8) is 0 Å². The Morgan fingerprint density at radius 2 is 1.67 bits per heavy atom. The molecule has 0 aliphatic carbocycles. The first-order valence-electron chi connectivity index (χ1n) is 13.3. The van der Waals surface area contributed by atoms with Gasteiger partial charge in [-0.2, -0.15) is 8.42 Å². The monoisotopic (exact) mass is 574 g/mol. The Balaban J connectivity index is 1.80. The molecule has 1 aliphatic heterocycles. The summed E-state index contributed by atoms with van der Waals surface area (Å²) in [5.74, 6) is 0.919. The molecular weight excluding hydrogens is 536 g/mol. The fourth-order valence-corrected chi connectivity index (χ4v) is 6.23. The Morgan fingerprint density at radius 1 is 0.923 bits per heavy atom. The van der Waals surface area contributed by atoms with Gasteiger partial charge in [0.25, 0.3) is 15.9 Å². The Morgan fingerprint density at radius 3 is 2.38 bits per heavy atom. The highest BCUT2D eigenvalue weighted by atomic mass is 32.2. The lowest BCUT2D eigenvalue weighted by atomic mass is 10.1. The predicted octanol–water partition coefficient (Wildman–Crippen LogP) is 6.13. The average Bonchev–Trinajstić information content (AvgIpc) is 3.21. The van der Waals surface area contributed by atoms with Gasteiger partial charge in [-0.3, -0.25) is 9.69 Å². The average molecular weight is 575 g/mol. The van der Waals surface area contributed by atoms with E-state index in [1.165, 1.54) is 42.7 Å². The Bertz CT molecular complexity index is 1250. The van der Waals surface area contributed by atoms with Crippen molar-refractivity contribution in [3.05, 3.63) is 59.0 Å². The zero-order valence-corrected chi connectivity index (χ0v) is 24.6. The number of sulfonamides is 1.